The van der Waals surface area contributed by atoms with Crippen molar-refractivity contribution in [3.05, 3.63) is 17.7 Å². The number of nitrogens with zero attached hydrogens (tertiary/aromatic N) is 1. The van der Waals surface area contributed by atoms with E-state index in [2.05, 4.69) is 6.92 Å². The van der Waals surface area contributed by atoms with Crippen molar-refractivity contribution in [1.82, 2.24) is 0 Å². The lowest BCUT2D eigenvalue weighted by molar-refractivity contribution is -0.118. The summed E-state index contributed by atoms with van der Waals surface area (Å²) in [6.07, 6.45) is 1.37. The van der Waals surface area contributed by atoms with Crippen molar-refractivity contribution >= 4 is 17.3 Å². The SMILES string of the molecule is CCC(=O)N1c2cc(N)c(OC)cc2CC1C. The Morgan fingerprint density at radius 2 is 2.29 bits per heavy atom. The largest absolute Gasteiger partial charge is 0.495 e. The lowest BCUT2D eigenvalue weighted by atomic mass is 10.1. The van der Waals surface area contributed by atoms with Crippen LogP contribution < -0.4 is 15.4 Å². The van der Waals surface area contributed by atoms with Crippen LogP contribution in [0.1, 0.15) is 25.8 Å². The van der Waals surface area contributed by atoms with Crippen LogP contribution in [0.15, 0.2) is 12.1 Å². The van der Waals surface area contributed by atoms with E-state index in [1.807, 2.05) is 24.0 Å². The number of fused-ring (bicyclic) bond motifs is 1. The van der Waals surface area contributed by atoms with Crippen molar-refractivity contribution < 1.29 is 9.53 Å². The van der Waals surface area contributed by atoms with Crippen LogP contribution in [0.4, 0.5) is 11.4 Å². The molecule has 0 saturated heterocycles. The fraction of sp³-hybridized carbons (Fsp3) is 0.462. The molecule has 1 atom stereocenters. The fourth-order valence-electron chi connectivity index (χ4n) is 2.39. The molecule has 2 N–H and O–H groups in total. The van der Waals surface area contributed by atoms with Crippen LogP contribution in [0.25, 0.3) is 0 Å². The van der Waals surface area contributed by atoms with E-state index in [-0.39, 0.29) is 11.9 Å². The van der Waals surface area contributed by atoms with Gasteiger partial charge in [0.1, 0.15) is 5.75 Å². The summed E-state index contributed by atoms with van der Waals surface area (Å²) >= 11 is 0. The third kappa shape index (κ3) is 1.84. The summed E-state index contributed by atoms with van der Waals surface area (Å²) in [6, 6.07) is 3.97. The molecule has 1 amide bonds. The van der Waals surface area contributed by atoms with Crippen molar-refractivity contribution in [3.8, 4) is 5.75 Å². The molecule has 1 aliphatic rings. The van der Waals surface area contributed by atoms with E-state index < -0.39 is 0 Å². The molecule has 0 saturated carbocycles. The molecule has 0 bridgehead atoms. The summed E-state index contributed by atoms with van der Waals surface area (Å²) in [5, 5.41) is 0. The monoisotopic (exact) mass is 234 g/mol. The summed E-state index contributed by atoms with van der Waals surface area (Å²) in [5.41, 5.74) is 8.53. The number of nitrogens with two attached hydrogens (primary N) is 1. The number of carbonyl (C=O) groups is 1. The minimum Gasteiger partial charge on any atom is -0.495 e. The average Bonchev–Trinajstić information content (AvgIpc) is 2.62. The van der Waals surface area contributed by atoms with Gasteiger partial charge in [-0.1, -0.05) is 6.92 Å². The lowest BCUT2D eigenvalue weighted by Crippen LogP contribution is -2.35. The minimum atomic E-state index is 0.140. The highest BCUT2D eigenvalue weighted by Gasteiger charge is 2.30. The first-order valence-corrected chi connectivity index (χ1v) is 5.87. The molecule has 92 valence electrons. The molecule has 4 nitrogen and oxygen atoms in total. The molecule has 0 radical (unpaired) electrons. The summed E-state index contributed by atoms with van der Waals surface area (Å²) in [6.45, 7) is 3.93. The molecule has 1 aromatic rings. The highest BCUT2D eigenvalue weighted by Crippen LogP contribution is 2.38. The van der Waals surface area contributed by atoms with Crippen molar-refractivity contribution in [2.75, 3.05) is 17.7 Å². The van der Waals surface area contributed by atoms with Gasteiger partial charge in [-0.05, 0) is 31.0 Å². The number of hydrogen-bond donors (Lipinski definition) is 1. The lowest BCUT2D eigenvalue weighted by Gasteiger charge is -2.22. The molecule has 0 aliphatic carbocycles. The molecule has 17 heavy (non-hydrogen) atoms. The number of carbonyl (C=O) groups excluding carboxylic acids is 1. The maximum Gasteiger partial charge on any atom is 0.226 e. The Labute approximate surface area is 101 Å². The molecule has 0 spiro atoms. The third-order valence-corrected chi connectivity index (χ3v) is 3.22. The maximum atomic E-state index is 11.9. The number of methoxy groups -OCH3 is 1. The molecule has 1 aliphatic heterocycles. The van der Waals surface area contributed by atoms with Gasteiger partial charge in [-0.2, -0.15) is 0 Å². The van der Waals surface area contributed by atoms with E-state index in [1.165, 1.54) is 0 Å². The van der Waals surface area contributed by atoms with Gasteiger partial charge in [0.25, 0.3) is 0 Å². The average molecular weight is 234 g/mol. The topological polar surface area (TPSA) is 55.6 Å². The summed E-state index contributed by atoms with van der Waals surface area (Å²) in [4.78, 5) is 13.7. The summed E-state index contributed by atoms with van der Waals surface area (Å²) < 4.78 is 5.20. The second-order valence-electron chi connectivity index (χ2n) is 4.39. The van der Waals surface area contributed by atoms with Crippen LogP contribution in [0, 0.1) is 0 Å². The van der Waals surface area contributed by atoms with E-state index in [9.17, 15) is 4.79 Å². The number of amides is 1. The van der Waals surface area contributed by atoms with Gasteiger partial charge in [0.05, 0.1) is 12.8 Å². The van der Waals surface area contributed by atoms with Gasteiger partial charge in [0, 0.05) is 18.2 Å². The van der Waals surface area contributed by atoms with Gasteiger partial charge in [0.2, 0.25) is 5.91 Å². The van der Waals surface area contributed by atoms with E-state index in [0.717, 1.165) is 17.7 Å². The molecular weight excluding hydrogens is 216 g/mol. The predicted molar refractivity (Wildman–Crippen MR) is 68.3 cm³/mol. The van der Waals surface area contributed by atoms with Crippen LogP contribution >= 0.6 is 0 Å². The second-order valence-corrected chi connectivity index (χ2v) is 4.39. The van der Waals surface area contributed by atoms with Gasteiger partial charge in [-0.3, -0.25) is 4.79 Å². The first-order valence-electron chi connectivity index (χ1n) is 5.87. The Balaban J connectivity index is 2.46. The Kier molecular flexibility index (Phi) is 2.96. The number of hydrogen-bond acceptors (Lipinski definition) is 3. The fourth-order valence-corrected chi connectivity index (χ4v) is 2.39. The van der Waals surface area contributed by atoms with Gasteiger partial charge in [-0.15, -0.1) is 0 Å². The van der Waals surface area contributed by atoms with Gasteiger partial charge >= 0.3 is 0 Å². The van der Waals surface area contributed by atoms with Crippen molar-refractivity contribution in [3.63, 3.8) is 0 Å². The predicted octanol–water partition coefficient (Wildman–Crippen LogP) is 1.97. The zero-order chi connectivity index (χ0) is 12.6. The molecule has 2 rings (SSSR count). The van der Waals surface area contributed by atoms with Gasteiger partial charge in [0.15, 0.2) is 0 Å². The molecular formula is C13H18N2O2. The molecule has 1 heterocycles. The van der Waals surface area contributed by atoms with E-state index in [4.69, 9.17) is 10.5 Å². The van der Waals surface area contributed by atoms with Crippen LogP contribution in [-0.2, 0) is 11.2 Å². The third-order valence-electron chi connectivity index (χ3n) is 3.22. The van der Waals surface area contributed by atoms with Crippen LogP contribution in [0.3, 0.4) is 0 Å². The molecule has 1 unspecified atom stereocenters. The summed E-state index contributed by atoms with van der Waals surface area (Å²) in [7, 11) is 1.60. The normalized spacial score (nSPS) is 18.1. The van der Waals surface area contributed by atoms with Crippen LogP contribution in [0.2, 0.25) is 0 Å². The first kappa shape index (κ1) is 11.8. The van der Waals surface area contributed by atoms with E-state index >= 15 is 0 Å². The zero-order valence-electron chi connectivity index (χ0n) is 10.5. The smallest absolute Gasteiger partial charge is 0.226 e. The highest BCUT2D eigenvalue weighted by atomic mass is 16.5. The standard InChI is InChI=1S/C13H18N2O2/c1-4-13(16)15-8(2)5-9-6-12(17-3)10(14)7-11(9)15/h6-8H,4-5,14H2,1-3H3. The number of nitrogen functional groups attached to an aromatic ring is 1. The summed E-state index contributed by atoms with van der Waals surface area (Å²) in [5.74, 6) is 0.822. The van der Waals surface area contributed by atoms with Crippen molar-refractivity contribution in [1.29, 1.82) is 0 Å². The number of rotatable bonds is 2. The Hall–Kier alpha value is -1.71. The molecule has 1 aromatic carbocycles. The van der Waals surface area contributed by atoms with E-state index in [0.29, 0.717) is 17.9 Å². The molecule has 0 fully saturated rings. The van der Waals surface area contributed by atoms with Gasteiger partial charge in [-0.25, -0.2) is 0 Å². The minimum absolute atomic E-state index is 0.140. The molecule has 4 heteroatoms. The number of benzene rings is 1. The Morgan fingerprint density at radius 3 is 2.88 bits per heavy atom. The zero-order valence-corrected chi connectivity index (χ0v) is 10.5. The number of ether oxygens (including phenoxy) is 1. The van der Waals surface area contributed by atoms with Crippen molar-refractivity contribution in [2.45, 2.75) is 32.7 Å². The van der Waals surface area contributed by atoms with E-state index in [1.54, 1.807) is 7.11 Å². The molecule has 0 aromatic heterocycles. The Morgan fingerprint density at radius 1 is 1.59 bits per heavy atom. The quantitative estimate of drug-likeness (QED) is 0.796. The van der Waals surface area contributed by atoms with Crippen LogP contribution in [0.5, 0.6) is 5.75 Å². The number of anilines is 2. The van der Waals surface area contributed by atoms with Crippen molar-refractivity contribution in [2.24, 2.45) is 0 Å². The first-order chi connectivity index (χ1) is 8.08. The maximum absolute atomic E-state index is 11.9. The second kappa shape index (κ2) is 4.28. The Bertz CT molecular complexity index is 457. The highest BCUT2D eigenvalue weighted by molar-refractivity contribution is 5.97. The van der Waals surface area contributed by atoms with Crippen LogP contribution in [-0.4, -0.2) is 19.1 Å². The van der Waals surface area contributed by atoms with Gasteiger partial charge < -0.3 is 15.4 Å².